The minimum absolute atomic E-state index is 0.00382. The molecule has 2 heterocycles. The van der Waals surface area contributed by atoms with Gasteiger partial charge in [-0.25, -0.2) is 4.98 Å². The molecule has 4 rings (SSSR count). The van der Waals surface area contributed by atoms with Crippen LogP contribution in [0.15, 0.2) is 53.0 Å². The average Bonchev–Trinajstić information content (AvgIpc) is 3.29. The van der Waals surface area contributed by atoms with Crippen molar-refractivity contribution in [2.24, 2.45) is 0 Å². The second-order valence-corrected chi connectivity index (χ2v) is 7.46. The summed E-state index contributed by atoms with van der Waals surface area (Å²) in [6.45, 7) is 2.53. The van der Waals surface area contributed by atoms with Gasteiger partial charge in [-0.15, -0.1) is 0 Å². The Morgan fingerprint density at radius 1 is 1.27 bits per heavy atom. The molecule has 0 bridgehead atoms. The van der Waals surface area contributed by atoms with Crippen molar-refractivity contribution in [2.75, 3.05) is 6.54 Å². The molecule has 5 nitrogen and oxygen atoms in total. The van der Waals surface area contributed by atoms with Crippen molar-refractivity contribution in [1.82, 2.24) is 14.9 Å². The number of aromatic nitrogens is 2. The van der Waals surface area contributed by atoms with E-state index in [1.165, 1.54) is 0 Å². The Labute approximate surface area is 160 Å². The van der Waals surface area contributed by atoms with E-state index in [0.717, 1.165) is 40.7 Å². The summed E-state index contributed by atoms with van der Waals surface area (Å²) < 4.78 is 6.82. The van der Waals surface area contributed by atoms with E-state index in [0.29, 0.717) is 5.75 Å². The number of amides is 1. The lowest BCUT2D eigenvalue weighted by molar-refractivity contribution is -0.139. The van der Waals surface area contributed by atoms with Crippen LogP contribution >= 0.6 is 15.9 Å². The molecular weight excluding hydrogens is 394 g/mol. The molecule has 0 spiro atoms. The molecule has 1 fully saturated rings. The van der Waals surface area contributed by atoms with Gasteiger partial charge in [-0.3, -0.25) is 4.79 Å². The fourth-order valence-corrected chi connectivity index (χ4v) is 3.71. The molecule has 1 amide bonds. The predicted octanol–water partition coefficient (Wildman–Crippen LogP) is 4.46. The first kappa shape index (κ1) is 17.1. The van der Waals surface area contributed by atoms with E-state index in [9.17, 15) is 4.79 Å². The van der Waals surface area contributed by atoms with Crippen LogP contribution in [0.2, 0.25) is 0 Å². The Morgan fingerprint density at radius 2 is 2.04 bits per heavy atom. The largest absolute Gasteiger partial charge is 0.481 e. The average molecular weight is 414 g/mol. The number of hydrogen-bond acceptors (Lipinski definition) is 3. The second-order valence-electron chi connectivity index (χ2n) is 6.54. The van der Waals surface area contributed by atoms with Crippen LogP contribution in [0.1, 0.15) is 31.6 Å². The Bertz CT molecular complexity index is 889. The van der Waals surface area contributed by atoms with Gasteiger partial charge in [0.2, 0.25) is 0 Å². The number of nitrogens with zero attached hydrogens (tertiary/aromatic N) is 2. The predicted molar refractivity (Wildman–Crippen MR) is 104 cm³/mol. The summed E-state index contributed by atoms with van der Waals surface area (Å²) in [5.74, 6) is 1.54. The molecule has 1 N–H and O–H groups in total. The molecule has 2 atom stereocenters. The molecule has 134 valence electrons. The summed E-state index contributed by atoms with van der Waals surface area (Å²) in [6.07, 6.45) is 1.34. The van der Waals surface area contributed by atoms with Gasteiger partial charge in [-0.2, -0.15) is 0 Å². The van der Waals surface area contributed by atoms with Gasteiger partial charge in [-0.05, 0) is 56.2 Å². The number of nitrogens with one attached hydrogen (secondary N) is 1. The molecule has 1 aliphatic rings. The van der Waals surface area contributed by atoms with Gasteiger partial charge in [0.25, 0.3) is 5.91 Å². The van der Waals surface area contributed by atoms with E-state index in [4.69, 9.17) is 4.74 Å². The molecule has 0 aliphatic carbocycles. The maximum Gasteiger partial charge on any atom is 0.263 e. The highest BCUT2D eigenvalue weighted by atomic mass is 79.9. The van der Waals surface area contributed by atoms with Crippen molar-refractivity contribution in [1.29, 1.82) is 0 Å². The molecule has 26 heavy (non-hydrogen) atoms. The molecule has 6 heteroatoms. The van der Waals surface area contributed by atoms with Gasteiger partial charge in [-0.1, -0.05) is 28.1 Å². The number of likely N-dealkylation sites (tertiary alicyclic amines) is 1. The van der Waals surface area contributed by atoms with Gasteiger partial charge in [0.1, 0.15) is 11.6 Å². The third kappa shape index (κ3) is 3.33. The zero-order chi connectivity index (χ0) is 18.1. The molecule has 1 saturated heterocycles. The first-order valence-electron chi connectivity index (χ1n) is 8.79. The molecular formula is C20H20BrN3O2. The summed E-state index contributed by atoms with van der Waals surface area (Å²) in [6, 6.07) is 15.4. The van der Waals surface area contributed by atoms with E-state index in [1.54, 1.807) is 6.92 Å². The summed E-state index contributed by atoms with van der Waals surface area (Å²) in [5, 5.41) is 0. The first-order valence-corrected chi connectivity index (χ1v) is 9.58. The third-order valence-corrected chi connectivity index (χ3v) is 5.26. The number of aromatic amines is 1. The van der Waals surface area contributed by atoms with E-state index in [-0.39, 0.29) is 11.9 Å². The normalized spacial score (nSPS) is 18.2. The van der Waals surface area contributed by atoms with Crippen LogP contribution in [0.25, 0.3) is 11.0 Å². The van der Waals surface area contributed by atoms with Crippen molar-refractivity contribution in [3.63, 3.8) is 0 Å². The third-order valence-electron chi connectivity index (χ3n) is 4.73. The van der Waals surface area contributed by atoms with Gasteiger partial charge in [0.05, 0.1) is 17.1 Å². The lowest BCUT2D eigenvalue weighted by Gasteiger charge is -2.26. The Hall–Kier alpha value is -2.34. The maximum absolute atomic E-state index is 13.0. The lowest BCUT2D eigenvalue weighted by atomic mass is 10.2. The molecule has 0 unspecified atom stereocenters. The number of hydrogen-bond donors (Lipinski definition) is 1. The van der Waals surface area contributed by atoms with E-state index < -0.39 is 6.10 Å². The number of H-pyrrole nitrogens is 1. The van der Waals surface area contributed by atoms with Crippen LogP contribution < -0.4 is 4.74 Å². The SMILES string of the molecule is C[C@H](Oc1ccc(Br)cc1)C(=O)N1CCC[C@H]1c1nc2ccccc2[nH]1. The number of rotatable bonds is 4. The molecule has 1 aliphatic heterocycles. The van der Waals surface area contributed by atoms with Crippen molar-refractivity contribution in [2.45, 2.75) is 31.9 Å². The van der Waals surface area contributed by atoms with Crippen LogP contribution in [0.5, 0.6) is 5.75 Å². The number of imidazole rings is 1. The minimum Gasteiger partial charge on any atom is -0.481 e. The second kappa shape index (κ2) is 7.11. The minimum atomic E-state index is -0.541. The topological polar surface area (TPSA) is 58.2 Å². The van der Waals surface area contributed by atoms with E-state index >= 15 is 0 Å². The zero-order valence-electron chi connectivity index (χ0n) is 14.5. The van der Waals surface area contributed by atoms with Crippen molar-refractivity contribution in [3.8, 4) is 5.75 Å². The highest BCUT2D eigenvalue weighted by molar-refractivity contribution is 9.10. The van der Waals surface area contributed by atoms with Crippen molar-refractivity contribution in [3.05, 3.63) is 58.8 Å². The number of carbonyl (C=O) groups excluding carboxylic acids is 1. The molecule has 3 aromatic rings. The van der Waals surface area contributed by atoms with Gasteiger partial charge in [0, 0.05) is 11.0 Å². The number of benzene rings is 2. The molecule has 1 aromatic heterocycles. The number of carbonyl (C=O) groups is 1. The van der Waals surface area contributed by atoms with Crippen LogP contribution in [0.4, 0.5) is 0 Å². The van der Waals surface area contributed by atoms with Crippen LogP contribution in [-0.4, -0.2) is 33.4 Å². The van der Waals surface area contributed by atoms with Crippen molar-refractivity contribution >= 4 is 32.9 Å². The zero-order valence-corrected chi connectivity index (χ0v) is 16.1. The van der Waals surface area contributed by atoms with Crippen LogP contribution in [0, 0.1) is 0 Å². The first-order chi connectivity index (χ1) is 12.6. The summed E-state index contributed by atoms with van der Waals surface area (Å²) in [7, 11) is 0. The fourth-order valence-electron chi connectivity index (χ4n) is 3.45. The van der Waals surface area contributed by atoms with Gasteiger partial charge in [0.15, 0.2) is 6.10 Å². The maximum atomic E-state index is 13.0. The standard InChI is InChI=1S/C20H20BrN3O2/c1-13(26-15-10-8-14(21)9-11-15)20(25)24-12-4-7-18(24)19-22-16-5-2-3-6-17(16)23-19/h2-3,5-6,8-11,13,18H,4,7,12H2,1H3,(H,22,23)/t13-,18-/m0/s1. The number of fused-ring (bicyclic) bond motifs is 1. The number of para-hydroxylation sites is 2. The van der Waals surface area contributed by atoms with Gasteiger partial charge >= 0.3 is 0 Å². The Balaban J connectivity index is 1.51. The van der Waals surface area contributed by atoms with E-state index in [2.05, 4.69) is 25.9 Å². The van der Waals surface area contributed by atoms with E-state index in [1.807, 2.05) is 53.4 Å². The monoisotopic (exact) mass is 413 g/mol. The molecule has 2 aromatic carbocycles. The summed E-state index contributed by atoms with van der Waals surface area (Å²) in [5.41, 5.74) is 1.93. The Morgan fingerprint density at radius 3 is 2.81 bits per heavy atom. The lowest BCUT2D eigenvalue weighted by Crippen LogP contribution is -2.40. The highest BCUT2D eigenvalue weighted by Gasteiger charge is 2.35. The summed E-state index contributed by atoms with van der Waals surface area (Å²) >= 11 is 3.40. The Kier molecular flexibility index (Phi) is 4.68. The molecule has 0 saturated carbocycles. The summed E-state index contributed by atoms with van der Waals surface area (Å²) in [4.78, 5) is 22.9. The quantitative estimate of drug-likeness (QED) is 0.686. The highest BCUT2D eigenvalue weighted by Crippen LogP contribution is 2.32. The molecule has 0 radical (unpaired) electrons. The fraction of sp³-hybridized carbons (Fsp3) is 0.300. The van der Waals surface area contributed by atoms with Crippen LogP contribution in [0.3, 0.4) is 0 Å². The van der Waals surface area contributed by atoms with Crippen LogP contribution in [-0.2, 0) is 4.79 Å². The van der Waals surface area contributed by atoms with Gasteiger partial charge < -0.3 is 14.6 Å². The number of ether oxygens (including phenoxy) is 1. The van der Waals surface area contributed by atoms with Crippen molar-refractivity contribution < 1.29 is 9.53 Å². The number of halogens is 1. The smallest absolute Gasteiger partial charge is 0.263 e.